The molecule has 0 spiro atoms. The van der Waals surface area contributed by atoms with Crippen molar-refractivity contribution in [3.8, 4) is 0 Å². The minimum atomic E-state index is 0.0563. The molecule has 0 aromatic carbocycles. The summed E-state index contributed by atoms with van der Waals surface area (Å²) in [6.45, 7) is 7.88. The summed E-state index contributed by atoms with van der Waals surface area (Å²) in [7, 11) is 0. The molecule has 1 aliphatic carbocycles. The Labute approximate surface area is 115 Å². The summed E-state index contributed by atoms with van der Waals surface area (Å²) in [5.74, 6) is 0. The molecule has 0 bridgehead atoms. The van der Waals surface area contributed by atoms with Crippen molar-refractivity contribution >= 4 is 5.69 Å². The highest BCUT2D eigenvalue weighted by Crippen LogP contribution is 2.27. The van der Waals surface area contributed by atoms with Gasteiger partial charge in [-0.25, -0.2) is 0 Å². The van der Waals surface area contributed by atoms with E-state index in [4.69, 9.17) is 4.74 Å². The summed E-state index contributed by atoms with van der Waals surface area (Å²) in [5.41, 5.74) is 2.45. The second-order valence-corrected chi connectivity index (χ2v) is 6.18. The number of pyridine rings is 1. The van der Waals surface area contributed by atoms with E-state index in [0.29, 0.717) is 0 Å². The second kappa shape index (κ2) is 5.10. The lowest BCUT2D eigenvalue weighted by molar-refractivity contribution is 0.0644. The van der Waals surface area contributed by atoms with E-state index in [0.717, 1.165) is 38.0 Å². The Morgan fingerprint density at radius 3 is 3.05 bits per heavy atom. The van der Waals surface area contributed by atoms with Crippen LogP contribution in [0.3, 0.4) is 0 Å². The van der Waals surface area contributed by atoms with Gasteiger partial charge in [-0.3, -0.25) is 4.98 Å². The first-order valence-corrected chi connectivity index (χ1v) is 7.19. The van der Waals surface area contributed by atoms with E-state index in [-0.39, 0.29) is 5.54 Å². The average Bonchev–Trinajstić information content (AvgIpc) is 3.20. The highest BCUT2D eigenvalue weighted by molar-refractivity contribution is 5.49. The molecule has 2 fully saturated rings. The van der Waals surface area contributed by atoms with Gasteiger partial charge >= 0.3 is 0 Å². The first-order valence-electron chi connectivity index (χ1n) is 7.19. The van der Waals surface area contributed by atoms with Crippen LogP contribution in [0, 0.1) is 0 Å². The van der Waals surface area contributed by atoms with Gasteiger partial charge in [0.15, 0.2) is 0 Å². The van der Waals surface area contributed by atoms with Crippen molar-refractivity contribution in [3.05, 3.63) is 24.0 Å². The zero-order chi connectivity index (χ0) is 13.3. The number of rotatable bonds is 4. The van der Waals surface area contributed by atoms with Crippen LogP contribution in [0.5, 0.6) is 0 Å². The van der Waals surface area contributed by atoms with Crippen LogP contribution in [0.25, 0.3) is 0 Å². The normalized spacial score (nSPS) is 22.5. The minimum Gasteiger partial charge on any atom is -0.377 e. The molecule has 1 N–H and O–H groups in total. The zero-order valence-corrected chi connectivity index (χ0v) is 11.9. The molecule has 1 aromatic rings. The number of anilines is 1. The Morgan fingerprint density at radius 1 is 1.47 bits per heavy atom. The topological polar surface area (TPSA) is 37.4 Å². The first-order chi connectivity index (χ1) is 9.15. The molecule has 104 valence electrons. The minimum absolute atomic E-state index is 0.0563. The van der Waals surface area contributed by atoms with E-state index in [2.05, 4.69) is 41.2 Å². The monoisotopic (exact) mass is 261 g/mol. The summed E-state index contributed by atoms with van der Waals surface area (Å²) in [5, 5.41) is 3.52. The summed E-state index contributed by atoms with van der Waals surface area (Å²) < 4.78 is 5.58. The molecule has 3 rings (SSSR count). The quantitative estimate of drug-likeness (QED) is 0.899. The van der Waals surface area contributed by atoms with E-state index >= 15 is 0 Å². The Morgan fingerprint density at radius 2 is 2.32 bits per heavy atom. The lowest BCUT2D eigenvalue weighted by Gasteiger charge is -2.43. The summed E-state index contributed by atoms with van der Waals surface area (Å²) in [4.78, 5) is 6.89. The smallest absolute Gasteiger partial charge is 0.0694 e. The van der Waals surface area contributed by atoms with Crippen molar-refractivity contribution in [2.75, 3.05) is 24.7 Å². The molecule has 0 amide bonds. The third-order valence-corrected chi connectivity index (χ3v) is 3.91. The van der Waals surface area contributed by atoms with Gasteiger partial charge in [0.05, 0.1) is 24.4 Å². The Hall–Kier alpha value is -1.13. The summed E-state index contributed by atoms with van der Waals surface area (Å²) in [6.07, 6.45) is 4.55. The molecular formula is C15H23N3O. The van der Waals surface area contributed by atoms with Gasteiger partial charge in [0.2, 0.25) is 0 Å². The fourth-order valence-corrected chi connectivity index (χ4v) is 2.60. The van der Waals surface area contributed by atoms with Crippen molar-refractivity contribution in [1.29, 1.82) is 0 Å². The molecule has 0 radical (unpaired) electrons. The first kappa shape index (κ1) is 12.9. The predicted molar refractivity (Wildman–Crippen MR) is 76.3 cm³/mol. The van der Waals surface area contributed by atoms with E-state index in [1.807, 2.05) is 6.20 Å². The van der Waals surface area contributed by atoms with Gasteiger partial charge in [-0.05, 0) is 38.8 Å². The highest BCUT2D eigenvalue weighted by Gasteiger charge is 2.30. The van der Waals surface area contributed by atoms with Crippen LogP contribution in [0.4, 0.5) is 5.69 Å². The van der Waals surface area contributed by atoms with E-state index in [9.17, 15) is 0 Å². The van der Waals surface area contributed by atoms with Crippen molar-refractivity contribution in [3.63, 3.8) is 0 Å². The lowest BCUT2D eigenvalue weighted by Crippen LogP contribution is -2.53. The molecule has 1 saturated heterocycles. The number of hydrogen-bond donors (Lipinski definition) is 1. The second-order valence-electron chi connectivity index (χ2n) is 6.18. The highest BCUT2D eigenvalue weighted by atomic mass is 16.5. The van der Waals surface area contributed by atoms with Gasteiger partial charge in [0.1, 0.15) is 0 Å². The third-order valence-electron chi connectivity index (χ3n) is 3.91. The van der Waals surface area contributed by atoms with Crippen molar-refractivity contribution in [2.45, 2.75) is 44.8 Å². The molecule has 19 heavy (non-hydrogen) atoms. The molecule has 1 aromatic heterocycles. The van der Waals surface area contributed by atoms with Crippen LogP contribution in [-0.4, -0.2) is 36.3 Å². The van der Waals surface area contributed by atoms with Gasteiger partial charge in [0.25, 0.3) is 0 Å². The number of ether oxygens (including phenoxy) is 1. The average molecular weight is 261 g/mol. The maximum Gasteiger partial charge on any atom is 0.0694 e. The number of morpholine rings is 1. The molecule has 0 unspecified atom stereocenters. The van der Waals surface area contributed by atoms with Crippen molar-refractivity contribution < 1.29 is 4.74 Å². The van der Waals surface area contributed by atoms with E-state index < -0.39 is 0 Å². The maximum absolute atomic E-state index is 5.58. The predicted octanol–water partition coefficient (Wildman–Crippen LogP) is 1.95. The number of aromatic nitrogens is 1. The van der Waals surface area contributed by atoms with Gasteiger partial charge < -0.3 is 15.0 Å². The van der Waals surface area contributed by atoms with Crippen LogP contribution in [0.2, 0.25) is 0 Å². The SMILES string of the molecule is CC1(C)COCCN1c1ccnc(CNC2CC2)c1. The molecule has 2 aliphatic rings. The number of nitrogens with one attached hydrogen (secondary N) is 1. The van der Waals surface area contributed by atoms with Crippen LogP contribution in [0.15, 0.2) is 18.3 Å². The molecule has 4 nitrogen and oxygen atoms in total. The number of hydrogen-bond acceptors (Lipinski definition) is 4. The van der Waals surface area contributed by atoms with E-state index in [1.165, 1.54) is 18.5 Å². The Bertz CT molecular complexity index is 443. The standard InChI is InChI=1S/C15H23N3O/c1-15(2)11-19-8-7-18(15)14-5-6-16-13(9-14)10-17-12-3-4-12/h5-6,9,12,17H,3-4,7-8,10-11H2,1-2H3. The van der Waals surface area contributed by atoms with E-state index in [1.54, 1.807) is 0 Å². The van der Waals surface area contributed by atoms with Crippen LogP contribution in [0.1, 0.15) is 32.4 Å². The van der Waals surface area contributed by atoms with Gasteiger partial charge in [-0.1, -0.05) is 0 Å². The zero-order valence-electron chi connectivity index (χ0n) is 11.9. The fourth-order valence-electron chi connectivity index (χ4n) is 2.60. The molecule has 4 heteroatoms. The number of nitrogens with zero attached hydrogens (tertiary/aromatic N) is 2. The fraction of sp³-hybridized carbons (Fsp3) is 0.667. The Balaban J connectivity index is 1.73. The summed E-state index contributed by atoms with van der Waals surface area (Å²) in [6, 6.07) is 5.04. The third kappa shape index (κ3) is 3.07. The molecule has 0 atom stereocenters. The summed E-state index contributed by atoms with van der Waals surface area (Å²) >= 11 is 0. The van der Waals surface area contributed by atoms with Crippen LogP contribution in [-0.2, 0) is 11.3 Å². The molecule has 1 saturated carbocycles. The van der Waals surface area contributed by atoms with Crippen LogP contribution < -0.4 is 10.2 Å². The van der Waals surface area contributed by atoms with Crippen LogP contribution >= 0.6 is 0 Å². The molecule has 1 aliphatic heterocycles. The molecular weight excluding hydrogens is 238 g/mol. The van der Waals surface area contributed by atoms with Crippen molar-refractivity contribution in [2.24, 2.45) is 0 Å². The maximum atomic E-state index is 5.58. The van der Waals surface area contributed by atoms with Gasteiger partial charge in [-0.15, -0.1) is 0 Å². The largest absolute Gasteiger partial charge is 0.377 e. The van der Waals surface area contributed by atoms with Gasteiger partial charge in [0, 0.05) is 31.0 Å². The molecule has 2 heterocycles. The lowest BCUT2D eigenvalue weighted by atomic mass is 10.0. The van der Waals surface area contributed by atoms with Crippen molar-refractivity contribution in [1.82, 2.24) is 10.3 Å². The van der Waals surface area contributed by atoms with Gasteiger partial charge in [-0.2, -0.15) is 0 Å². The Kier molecular flexibility index (Phi) is 3.46.